The van der Waals surface area contributed by atoms with Gasteiger partial charge in [0.1, 0.15) is 5.76 Å². The quantitative estimate of drug-likeness (QED) is 0.914. The molecule has 0 saturated heterocycles. The number of rotatable bonds is 3. The molecule has 0 aliphatic rings. The first-order valence-electron chi connectivity index (χ1n) is 5.05. The third kappa shape index (κ3) is 2.95. The highest BCUT2D eigenvalue weighted by atomic mass is 79.9. The second-order valence-electron chi connectivity index (χ2n) is 3.43. The summed E-state index contributed by atoms with van der Waals surface area (Å²) in [5.74, 6) is 0.553. The second-order valence-corrected chi connectivity index (χ2v) is 4.35. The number of benzene rings is 1. The molecule has 0 fully saturated rings. The molecular weight excluding hydrogens is 284 g/mol. The van der Waals surface area contributed by atoms with Gasteiger partial charge in [0, 0.05) is 10.2 Å². The molecule has 1 aromatic heterocycles. The van der Waals surface area contributed by atoms with E-state index in [-0.39, 0.29) is 18.2 Å². The summed E-state index contributed by atoms with van der Waals surface area (Å²) >= 11 is 3.33. The highest BCUT2D eigenvalue weighted by Crippen LogP contribution is 2.17. The third-order valence-electron chi connectivity index (χ3n) is 2.17. The molecule has 0 bridgehead atoms. The van der Waals surface area contributed by atoms with Crippen LogP contribution in [-0.4, -0.2) is 5.91 Å². The lowest BCUT2D eigenvalue weighted by Crippen LogP contribution is -2.10. The van der Waals surface area contributed by atoms with Crippen LogP contribution in [0.2, 0.25) is 0 Å². The van der Waals surface area contributed by atoms with Gasteiger partial charge in [-0.2, -0.15) is 0 Å². The van der Waals surface area contributed by atoms with E-state index in [9.17, 15) is 4.79 Å². The molecule has 0 saturated carbocycles. The molecule has 2 aromatic rings. The minimum Gasteiger partial charge on any atom is -0.455 e. The Kier molecular flexibility index (Phi) is 3.61. The zero-order chi connectivity index (χ0) is 12.3. The number of carbonyl (C=O) groups excluding carboxylic acids is 1. The molecule has 1 heterocycles. The van der Waals surface area contributed by atoms with Gasteiger partial charge in [0.2, 0.25) is 0 Å². The molecule has 1 aromatic carbocycles. The van der Waals surface area contributed by atoms with Crippen molar-refractivity contribution in [3.63, 3.8) is 0 Å². The fraction of sp³-hybridized carbons (Fsp3) is 0.0833. The van der Waals surface area contributed by atoms with Crippen molar-refractivity contribution in [2.75, 3.05) is 5.32 Å². The number of furan rings is 1. The lowest BCUT2D eigenvalue weighted by molar-refractivity contribution is 0.0995. The molecule has 2 rings (SSSR count). The first kappa shape index (κ1) is 11.9. The lowest BCUT2D eigenvalue weighted by Gasteiger charge is -2.03. The van der Waals surface area contributed by atoms with Crippen LogP contribution in [0, 0.1) is 0 Å². The van der Waals surface area contributed by atoms with Crippen molar-refractivity contribution < 1.29 is 9.21 Å². The van der Waals surface area contributed by atoms with Gasteiger partial charge in [-0.1, -0.05) is 22.0 Å². The van der Waals surface area contributed by atoms with E-state index < -0.39 is 0 Å². The normalized spacial score (nSPS) is 10.2. The summed E-state index contributed by atoms with van der Waals surface area (Å²) in [6.45, 7) is 0.282. The number of nitrogens with one attached hydrogen (secondary N) is 1. The average molecular weight is 295 g/mol. The number of nitrogens with two attached hydrogens (primary N) is 1. The molecule has 88 valence electrons. The van der Waals surface area contributed by atoms with Crippen molar-refractivity contribution in [2.24, 2.45) is 5.73 Å². The molecule has 0 radical (unpaired) electrons. The Morgan fingerprint density at radius 3 is 2.82 bits per heavy atom. The lowest BCUT2D eigenvalue weighted by atomic mass is 10.3. The van der Waals surface area contributed by atoms with E-state index >= 15 is 0 Å². The summed E-state index contributed by atoms with van der Waals surface area (Å²) in [4.78, 5) is 11.8. The van der Waals surface area contributed by atoms with Crippen molar-refractivity contribution in [1.82, 2.24) is 0 Å². The van der Waals surface area contributed by atoms with Crippen molar-refractivity contribution in [3.05, 3.63) is 52.4 Å². The zero-order valence-electron chi connectivity index (χ0n) is 8.94. The zero-order valence-corrected chi connectivity index (χ0v) is 10.5. The van der Waals surface area contributed by atoms with E-state index in [4.69, 9.17) is 10.2 Å². The monoisotopic (exact) mass is 294 g/mol. The van der Waals surface area contributed by atoms with Gasteiger partial charge in [0.25, 0.3) is 5.91 Å². The van der Waals surface area contributed by atoms with E-state index in [0.717, 1.165) is 4.47 Å². The van der Waals surface area contributed by atoms with E-state index in [1.807, 2.05) is 18.2 Å². The SMILES string of the molecule is NCc1ccc(C(=O)Nc2cccc(Br)c2)o1. The predicted octanol–water partition coefficient (Wildman–Crippen LogP) is 2.75. The van der Waals surface area contributed by atoms with Gasteiger partial charge in [-0.05, 0) is 30.3 Å². The van der Waals surface area contributed by atoms with Crippen molar-refractivity contribution in [3.8, 4) is 0 Å². The van der Waals surface area contributed by atoms with E-state index in [0.29, 0.717) is 11.4 Å². The highest BCUT2D eigenvalue weighted by molar-refractivity contribution is 9.10. The molecule has 17 heavy (non-hydrogen) atoms. The molecule has 0 aliphatic heterocycles. The second kappa shape index (κ2) is 5.16. The van der Waals surface area contributed by atoms with Gasteiger partial charge in [-0.15, -0.1) is 0 Å². The smallest absolute Gasteiger partial charge is 0.291 e. The van der Waals surface area contributed by atoms with Crippen molar-refractivity contribution in [1.29, 1.82) is 0 Å². The van der Waals surface area contributed by atoms with Gasteiger partial charge in [0.15, 0.2) is 5.76 Å². The molecule has 0 atom stereocenters. The van der Waals surface area contributed by atoms with Crippen LogP contribution in [0.1, 0.15) is 16.3 Å². The van der Waals surface area contributed by atoms with Gasteiger partial charge < -0.3 is 15.5 Å². The first-order chi connectivity index (χ1) is 8.19. The van der Waals surface area contributed by atoms with Crippen LogP contribution in [0.15, 0.2) is 45.3 Å². The molecular formula is C12H11BrN2O2. The molecule has 1 amide bonds. The largest absolute Gasteiger partial charge is 0.455 e. The maximum Gasteiger partial charge on any atom is 0.291 e. The molecule has 0 unspecified atom stereocenters. The Labute approximate surface area is 107 Å². The van der Waals surface area contributed by atoms with Crippen LogP contribution in [0.3, 0.4) is 0 Å². The minimum atomic E-state index is -0.289. The molecule has 3 N–H and O–H groups in total. The Hall–Kier alpha value is -1.59. The molecule has 0 spiro atoms. The van der Waals surface area contributed by atoms with E-state index in [1.54, 1.807) is 18.2 Å². The van der Waals surface area contributed by atoms with Crippen LogP contribution in [-0.2, 0) is 6.54 Å². The average Bonchev–Trinajstić information content (AvgIpc) is 2.77. The number of hydrogen-bond acceptors (Lipinski definition) is 3. The van der Waals surface area contributed by atoms with Gasteiger partial charge in [0.05, 0.1) is 6.54 Å². The summed E-state index contributed by atoms with van der Waals surface area (Å²) in [5.41, 5.74) is 6.11. The predicted molar refractivity (Wildman–Crippen MR) is 68.7 cm³/mol. The van der Waals surface area contributed by atoms with E-state index in [2.05, 4.69) is 21.2 Å². The molecule has 0 aliphatic carbocycles. The topological polar surface area (TPSA) is 68.3 Å². The minimum absolute atomic E-state index is 0.255. The van der Waals surface area contributed by atoms with Crippen LogP contribution in [0.4, 0.5) is 5.69 Å². The standard InChI is InChI=1S/C12H11BrN2O2/c13-8-2-1-3-9(6-8)15-12(16)11-5-4-10(7-14)17-11/h1-6H,7,14H2,(H,15,16). The third-order valence-corrected chi connectivity index (χ3v) is 2.66. The number of amides is 1. The van der Waals surface area contributed by atoms with Gasteiger partial charge >= 0.3 is 0 Å². The Balaban J connectivity index is 2.11. The Morgan fingerprint density at radius 1 is 1.35 bits per heavy atom. The van der Waals surface area contributed by atoms with E-state index in [1.165, 1.54) is 0 Å². The van der Waals surface area contributed by atoms with Crippen LogP contribution in [0.5, 0.6) is 0 Å². The first-order valence-corrected chi connectivity index (χ1v) is 5.84. The fourth-order valence-corrected chi connectivity index (χ4v) is 1.77. The van der Waals surface area contributed by atoms with Crippen molar-refractivity contribution in [2.45, 2.75) is 6.54 Å². The number of halogens is 1. The maximum absolute atomic E-state index is 11.8. The number of anilines is 1. The van der Waals surface area contributed by atoms with Crippen LogP contribution in [0.25, 0.3) is 0 Å². The fourth-order valence-electron chi connectivity index (χ4n) is 1.37. The Morgan fingerprint density at radius 2 is 2.18 bits per heavy atom. The molecule has 5 heteroatoms. The maximum atomic E-state index is 11.8. The van der Waals surface area contributed by atoms with Crippen LogP contribution >= 0.6 is 15.9 Å². The number of carbonyl (C=O) groups is 1. The summed E-state index contributed by atoms with van der Waals surface area (Å²) in [7, 11) is 0. The van der Waals surface area contributed by atoms with Crippen molar-refractivity contribution >= 4 is 27.5 Å². The molecule has 4 nitrogen and oxygen atoms in total. The van der Waals surface area contributed by atoms with Gasteiger partial charge in [-0.3, -0.25) is 4.79 Å². The van der Waals surface area contributed by atoms with Gasteiger partial charge in [-0.25, -0.2) is 0 Å². The summed E-state index contributed by atoms with van der Waals surface area (Å²) in [5, 5.41) is 2.73. The number of hydrogen-bond donors (Lipinski definition) is 2. The van der Waals surface area contributed by atoms with Crippen LogP contribution < -0.4 is 11.1 Å². The Bertz CT molecular complexity index is 537. The summed E-state index contributed by atoms with van der Waals surface area (Å²) in [6.07, 6.45) is 0. The summed E-state index contributed by atoms with van der Waals surface area (Å²) < 4.78 is 6.15. The highest BCUT2D eigenvalue weighted by Gasteiger charge is 2.10. The summed E-state index contributed by atoms with van der Waals surface area (Å²) in [6, 6.07) is 10.6.